The van der Waals surface area contributed by atoms with Crippen LogP contribution >= 0.6 is 0 Å². The number of hydrogen-bond donors (Lipinski definition) is 0. The number of allylic oxidation sites excluding steroid dienone is 2. The highest BCUT2D eigenvalue weighted by atomic mass is 16.5. The maximum atomic E-state index is 12.5. The smallest absolute Gasteiger partial charge is 0.233 e. The summed E-state index contributed by atoms with van der Waals surface area (Å²) in [7, 11) is 0. The fourth-order valence-electron chi connectivity index (χ4n) is 4.61. The molecule has 5 nitrogen and oxygen atoms in total. The Morgan fingerprint density at radius 1 is 0.846 bits per heavy atom. The monoisotopic (exact) mass is 363 g/mol. The predicted octanol–water partition coefficient (Wildman–Crippen LogP) is 3.19. The molecule has 2 bridgehead atoms. The number of carbonyl (C=O) groups excluding carboxylic acids is 2. The van der Waals surface area contributed by atoms with Crippen LogP contribution in [0.2, 0.25) is 0 Å². The zero-order chi connectivity index (χ0) is 18.4. The fourth-order valence-corrected chi connectivity index (χ4v) is 4.61. The summed E-state index contributed by atoms with van der Waals surface area (Å²) in [5.74, 6) is 0.539. The van der Waals surface area contributed by atoms with Crippen molar-refractivity contribution in [2.45, 2.75) is 51.9 Å². The van der Waals surface area contributed by atoms with Gasteiger partial charge in [-0.2, -0.15) is 0 Å². The third-order valence-corrected chi connectivity index (χ3v) is 5.95. The van der Waals surface area contributed by atoms with Gasteiger partial charge in [-0.25, -0.2) is 0 Å². The normalized spacial score (nSPS) is 29.2. The van der Waals surface area contributed by atoms with Crippen LogP contribution in [0.4, 0.5) is 0 Å². The maximum Gasteiger partial charge on any atom is 0.233 e. The van der Waals surface area contributed by atoms with Gasteiger partial charge in [0.2, 0.25) is 11.8 Å². The standard InChI is InChI=1S/C21H33NO4/c1-2-3-4-5-11-25-13-7-14-26-12-6-10-22-20(23)18-16-8-9-17(15-16)19(18)21(22)24/h8-9,16-19H,2-7,10-15H2,1H3. The first-order valence-corrected chi connectivity index (χ1v) is 10.4. The van der Waals surface area contributed by atoms with Gasteiger partial charge in [-0.3, -0.25) is 14.5 Å². The molecule has 0 aromatic carbocycles. The van der Waals surface area contributed by atoms with Gasteiger partial charge in [-0.05, 0) is 37.5 Å². The quantitative estimate of drug-likeness (QED) is 0.286. The van der Waals surface area contributed by atoms with Gasteiger partial charge >= 0.3 is 0 Å². The van der Waals surface area contributed by atoms with Gasteiger partial charge in [-0.1, -0.05) is 38.3 Å². The van der Waals surface area contributed by atoms with Crippen LogP contribution in [0.3, 0.4) is 0 Å². The molecule has 0 radical (unpaired) electrons. The van der Waals surface area contributed by atoms with Crippen LogP contribution in [0.1, 0.15) is 51.9 Å². The third-order valence-electron chi connectivity index (χ3n) is 5.95. The number of carbonyl (C=O) groups is 2. The van der Waals surface area contributed by atoms with Crippen molar-refractivity contribution >= 4 is 11.8 Å². The van der Waals surface area contributed by atoms with E-state index in [0.717, 1.165) is 38.9 Å². The number of imide groups is 1. The minimum Gasteiger partial charge on any atom is -0.381 e. The van der Waals surface area contributed by atoms with Crippen molar-refractivity contribution in [1.29, 1.82) is 0 Å². The zero-order valence-corrected chi connectivity index (χ0v) is 16.0. The Balaban J connectivity index is 1.21. The topological polar surface area (TPSA) is 55.8 Å². The van der Waals surface area contributed by atoms with E-state index < -0.39 is 0 Å². The Morgan fingerprint density at radius 3 is 2.04 bits per heavy atom. The summed E-state index contributed by atoms with van der Waals surface area (Å²) in [6, 6.07) is 0. The van der Waals surface area contributed by atoms with Gasteiger partial charge in [0, 0.05) is 33.0 Å². The molecule has 26 heavy (non-hydrogen) atoms. The van der Waals surface area contributed by atoms with E-state index in [2.05, 4.69) is 19.1 Å². The molecular weight excluding hydrogens is 330 g/mol. The highest BCUT2D eigenvalue weighted by Gasteiger charge is 2.58. The fraction of sp³-hybridized carbons (Fsp3) is 0.810. The van der Waals surface area contributed by atoms with E-state index in [1.54, 1.807) is 0 Å². The number of nitrogens with zero attached hydrogens (tertiary/aromatic N) is 1. The molecule has 3 rings (SSSR count). The number of unbranched alkanes of at least 4 members (excludes halogenated alkanes) is 3. The van der Waals surface area contributed by atoms with Crippen LogP contribution in [-0.4, -0.2) is 49.7 Å². The van der Waals surface area contributed by atoms with Gasteiger partial charge in [0.15, 0.2) is 0 Å². The lowest BCUT2D eigenvalue weighted by molar-refractivity contribution is -0.140. The van der Waals surface area contributed by atoms with Gasteiger partial charge in [0.1, 0.15) is 0 Å². The van der Waals surface area contributed by atoms with E-state index in [1.807, 2.05) is 0 Å². The number of hydrogen-bond acceptors (Lipinski definition) is 4. The molecule has 1 heterocycles. The summed E-state index contributed by atoms with van der Waals surface area (Å²) in [6.07, 6.45) is 11.8. The molecule has 5 heteroatoms. The summed E-state index contributed by atoms with van der Waals surface area (Å²) in [5, 5.41) is 0. The number of ether oxygens (including phenoxy) is 2. The second-order valence-electron chi connectivity index (χ2n) is 7.82. The Labute approximate surface area is 157 Å². The Morgan fingerprint density at radius 2 is 1.42 bits per heavy atom. The van der Waals surface area contributed by atoms with E-state index >= 15 is 0 Å². The molecule has 4 unspecified atom stereocenters. The number of fused-ring (bicyclic) bond motifs is 5. The second kappa shape index (κ2) is 9.65. The minimum absolute atomic E-state index is 0.0494. The van der Waals surface area contributed by atoms with E-state index in [9.17, 15) is 9.59 Å². The molecule has 0 N–H and O–H groups in total. The van der Waals surface area contributed by atoms with E-state index in [1.165, 1.54) is 24.2 Å². The van der Waals surface area contributed by atoms with Crippen LogP contribution < -0.4 is 0 Å². The predicted molar refractivity (Wildman–Crippen MR) is 99.5 cm³/mol. The zero-order valence-electron chi connectivity index (χ0n) is 16.0. The van der Waals surface area contributed by atoms with Gasteiger partial charge in [0.05, 0.1) is 11.8 Å². The minimum atomic E-state index is -0.0760. The number of rotatable bonds is 13. The van der Waals surface area contributed by atoms with Crippen molar-refractivity contribution in [3.05, 3.63) is 12.2 Å². The van der Waals surface area contributed by atoms with E-state index in [-0.39, 0.29) is 23.7 Å². The average Bonchev–Trinajstić information content (AvgIpc) is 3.31. The van der Waals surface area contributed by atoms with Gasteiger partial charge in [-0.15, -0.1) is 0 Å². The first-order valence-electron chi connectivity index (χ1n) is 10.4. The molecule has 0 spiro atoms. The average molecular weight is 363 g/mol. The summed E-state index contributed by atoms with van der Waals surface area (Å²) < 4.78 is 11.2. The summed E-state index contributed by atoms with van der Waals surface area (Å²) in [6.45, 7) is 5.56. The van der Waals surface area contributed by atoms with Crippen LogP contribution in [0.5, 0.6) is 0 Å². The molecular formula is C21H33NO4. The first-order chi connectivity index (χ1) is 12.7. The summed E-state index contributed by atoms with van der Waals surface area (Å²) >= 11 is 0. The van der Waals surface area contributed by atoms with Crippen molar-refractivity contribution in [3.63, 3.8) is 0 Å². The molecule has 2 fully saturated rings. The number of amides is 2. The molecule has 1 aliphatic heterocycles. The van der Waals surface area contributed by atoms with Crippen LogP contribution in [0.25, 0.3) is 0 Å². The van der Waals surface area contributed by atoms with Crippen LogP contribution in [0.15, 0.2) is 12.2 Å². The summed E-state index contributed by atoms with van der Waals surface area (Å²) in [5.41, 5.74) is 0. The molecule has 2 aliphatic carbocycles. The van der Waals surface area contributed by atoms with Crippen molar-refractivity contribution < 1.29 is 19.1 Å². The molecule has 1 saturated heterocycles. The van der Waals surface area contributed by atoms with Crippen molar-refractivity contribution in [2.24, 2.45) is 23.7 Å². The number of likely N-dealkylation sites (tertiary alicyclic amines) is 1. The molecule has 4 atom stereocenters. The highest BCUT2D eigenvalue weighted by molar-refractivity contribution is 6.06. The SMILES string of the molecule is CCCCCCOCCCOCCCN1C(=O)C2C3C=CC(C3)C2C1=O. The molecule has 146 valence electrons. The van der Waals surface area contributed by atoms with Gasteiger partial charge in [0.25, 0.3) is 0 Å². The lowest BCUT2D eigenvalue weighted by Gasteiger charge is -2.17. The third kappa shape index (κ3) is 4.37. The largest absolute Gasteiger partial charge is 0.381 e. The van der Waals surface area contributed by atoms with Gasteiger partial charge < -0.3 is 9.47 Å². The molecule has 1 saturated carbocycles. The second-order valence-corrected chi connectivity index (χ2v) is 7.82. The molecule has 2 amide bonds. The van der Waals surface area contributed by atoms with E-state index in [0.29, 0.717) is 31.6 Å². The van der Waals surface area contributed by atoms with Crippen LogP contribution in [-0.2, 0) is 19.1 Å². The Bertz CT molecular complexity index is 488. The van der Waals surface area contributed by atoms with Crippen molar-refractivity contribution in [2.75, 3.05) is 33.0 Å². The Kier molecular flexibility index (Phi) is 7.26. The highest BCUT2D eigenvalue weighted by Crippen LogP contribution is 2.52. The lowest BCUT2D eigenvalue weighted by atomic mass is 9.85. The Hall–Kier alpha value is -1.20. The molecule has 0 aromatic heterocycles. The molecule has 3 aliphatic rings. The lowest BCUT2D eigenvalue weighted by Crippen LogP contribution is -2.34. The van der Waals surface area contributed by atoms with Crippen LogP contribution in [0, 0.1) is 23.7 Å². The first kappa shape index (κ1) is 19.6. The molecule has 0 aromatic rings. The van der Waals surface area contributed by atoms with Crippen molar-refractivity contribution in [3.8, 4) is 0 Å². The van der Waals surface area contributed by atoms with Crippen molar-refractivity contribution in [1.82, 2.24) is 4.90 Å². The summed E-state index contributed by atoms with van der Waals surface area (Å²) in [4.78, 5) is 26.6. The van der Waals surface area contributed by atoms with E-state index in [4.69, 9.17) is 9.47 Å². The maximum absolute atomic E-state index is 12.5.